The molecule has 0 radical (unpaired) electrons. The zero-order valence-corrected chi connectivity index (χ0v) is 9.24. The molecule has 0 saturated carbocycles. The van der Waals surface area contributed by atoms with Crippen molar-refractivity contribution in [1.29, 1.82) is 0 Å². The Morgan fingerprint density at radius 3 is 2.88 bits per heavy atom. The molecule has 0 atom stereocenters. The number of anilines is 2. The third-order valence-corrected chi connectivity index (χ3v) is 2.31. The number of hydrogen-bond acceptors (Lipinski definition) is 4. The highest BCUT2D eigenvalue weighted by Crippen LogP contribution is 2.34. The first-order valence-electron chi connectivity index (χ1n) is 5.13. The number of benzene rings is 1. The lowest BCUT2D eigenvalue weighted by atomic mass is 10.1. The molecule has 1 aliphatic rings. The van der Waals surface area contributed by atoms with Crippen molar-refractivity contribution < 1.29 is 19.4 Å². The van der Waals surface area contributed by atoms with E-state index in [4.69, 9.17) is 9.84 Å². The monoisotopic (exact) mass is 236 g/mol. The van der Waals surface area contributed by atoms with Gasteiger partial charge in [-0.2, -0.15) is 0 Å². The highest BCUT2D eigenvalue weighted by molar-refractivity contribution is 5.99. The van der Waals surface area contributed by atoms with E-state index in [2.05, 4.69) is 10.6 Å². The van der Waals surface area contributed by atoms with Crippen molar-refractivity contribution >= 4 is 23.3 Å². The maximum Gasteiger partial charge on any atom is 0.338 e. The molecule has 90 valence electrons. The van der Waals surface area contributed by atoms with Gasteiger partial charge in [0.25, 0.3) is 0 Å². The average Bonchev–Trinajstić information content (AvgIpc) is 2.27. The van der Waals surface area contributed by atoms with Crippen molar-refractivity contribution in [3.63, 3.8) is 0 Å². The van der Waals surface area contributed by atoms with E-state index in [9.17, 15) is 9.59 Å². The lowest BCUT2D eigenvalue weighted by Gasteiger charge is -2.21. The maximum absolute atomic E-state index is 11.1. The Labute approximate surface area is 97.6 Å². The van der Waals surface area contributed by atoms with Crippen molar-refractivity contribution in [2.24, 2.45) is 0 Å². The van der Waals surface area contributed by atoms with Crippen molar-refractivity contribution in [3.05, 3.63) is 17.7 Å². The van der Waals surface area contributed by atoms with Crippen molar-refractivity contribution in [3.8, 4) is 5.75 Å². The average molecular weight is 236 g/mol. The van der Waals surface area contributed by atoms with Crippen molar-refractivity contribution in [2.75, 3.05) is 23.8 Å². The Kier molecular flexibility index (Phi) is 2.86. The van der Waals surface area contributed by atoms with E-state index in [1.807, 2.05) is 0 Å². The van der Waals surface area contributed by atoms with E-state index in [1.54, 1.807) is 6.07 Å². The van der Waals surface area contributed by atoms with Crippen LogP contribution in [-0.4, -0.2) is 30.1 Å². The minimum Gasteiger partial charge on any atom is -0.489 e. The molecule has 1 heterocycles. The molecule has 1 aromatic rings. The molecule has 6 nitrogen and oxygen atoms in total. The summed E-state index contributed by atoms with van der Waals surface area (Å²) in [6.07, 6.45) is 0. The summed E-state index contributed by atoms with van der Waals surface area (Å²) in [7, 11) is 0. The van der Waals surface area contributed by atoms with Crippen LogP contribution in [0.15, 0.2) is 12.1 Å². The Balaban J connectivity index is 2.48. The number of fused-ring (bicyclic) bond motifs is 1. The van der Waals surface area contributed by atoms with Crippen molar-refractivity contribution in [2.45, 2.75) is 6.92 Å². The summed E-state index contributed by atoms with van der Waals surface area (Å²) in [5, 5.41) is 14.6. The van der Waals surface area contributed by atoms with Crippen LogP contribution in [-0.2, 0) is 4.79 Å². The van der Waals surface area contributed by atoms with Crippen LogP contribution in [0.1, 0.15) is 17.3 Å². The van der Waals surface area contributed by atoms with Gasteiger partial charge in [-0.05, 0) is 6.07 Å². The van der Waals surface area contributed by atoms with E-state index in [-0.39, 0.29) is 11.5 Å². The topological polar surface area (TPSA) is 87.7 Å². The molecule has 0 bridgehead atoms. The smallest absolute Gasteiger partial charge is 0.338 e. The van der Waals surface area contributed by atoms with Crippen LogP contribution in [0.25, 0.3) is 0 Å². The lowest BCUT2D eigenvalue weighted by molar-refractivity contribution is -0.114. The minimum absolute atomic E-state index is 0.0888. The predicted molar refractivity (Wildman–Crippen MR) is 61.7 cm³/mol. The molecular formula is C11H12N2O4. The molecule has 17 heavy (non-hydrogen) atoms. The molecule has 3 N–H and O–H groups in total. The van der Waals surface area contributed by atoms with E-state index < -0.39 is 5.97 Å². The molecule has 1 aliphatic heterocycles. The number of nitrogens with one attached hydrogen (secondary N) is 2. The second-order valence-electron chi connectivity index (χ2n) is 3.66. The molecule has 0 fully saturated rings. The van der Waals surface area contributed by atoms with Crippen LogP contribution in [0.5, 0.6) is 5.75 Å². The number of carbonyl (C=O) groups is 2. The van der Waals surface area contributed by atoms with Gasteiger partial charge in [0.2, 0.25) is 5.91 Å². The summed E-state index contributed by atoms with van der Waals surface area (Å²) in [5.74, 6) is -0.878. The van der Waals surface area contributed by atoms with Gasteiger partial charge in [-0.25, -0.2) is 4.79 Å². The minimum atomic E-state index is -1.06. The van der Waals surface area contributed by atoms with Gasteiger partial charge in [-0.15, -0.1) is 0 Å². The van der Waals surface area contributed by atoms with Gasteiger partial charge >= 0.3 is 5.97 Å². The van der Waals surface area contributed by atoms with Gasteiger partial charge in [-0.1, -0.05) is 0 Å². The first-order valence-corrected chi connectivity index (χ1v) is 5.13. The van der Waals surface area contributed by atoms with E-state index in [1.165, 1.54) is 13.0 Å². The maximum atomic E-state index is 11.1. The number of carboxylic acid groups (broad SMARTS) is 1. The Hall–Kier alpha value is -2.24. The van der Waals surface area contributed by atoms with E-state index >= 15 is 0 Å². The standard InChI is InChI=1S/C11H12N2O4/c1-6(14)13-7-4-8(11(15)16)10-9(5-7)17-3-2-12-10/h4-5,12H,2-3H2,1H3,(H,13,14)(H,15,16). The van der Waals surface area contributed by atoms with Crippen LogP contribution < -0.4 is 15.4 Å². The van der Waals surface area contributed by atoms with Crippen LogP contribution in [0, 0.1) is 0 Å². The van der Waals surface area contributed by atoms with Gasteiger partial charge in [0.1, 0.15) is 12.4 Å². The summed E-state index contributed by atoms with van der Waals surface area (Å²) in [4.78, 5) is 22.1. The number of rotatable bonds is 2. The molecule has 6 heteroatoms. The Bertz CT molecular complexity index is 485. The van der Waals surface area contributed by atoms with Gasteiger partial charge in [0.05, 0.1) is 11.3 Å². The molecule has 1 aromatic carbocycles. The van der Waals surface area contributed by atoms with Crippen LogP contribution in [0.4, 0.5) is 11.4 Å². The summed E-state index contributed by atoms with van der Waals surface area (Å²) in [5.41, 5.74) is 0.959. The number of ether oxygens (including phenoxy) is 1. The predicted octanol–water partition coefficient (Wildman–Crippen LogP) is 1.15. The van der Waals surface area contributed by atoms with E-state index in [0.29, 0.717) is 30.3 Å². The van der Waals surface area contributed by atoms with Crippen LogP contribution in [0.3, 0.4) is 0 Å². The number of carbonyl (C=O) groups excluding carboxylic acids is 1. The SMILES string of the molecule is CC(=O)Nc1cc2c(c(C(=O)O)c1)NCCO2. The highest BCUT2D eigenvalue weighted by Gasteiger charge is 2.20. The fourth-order valence-corrected chi connectivity index (χ4v) is 1.69. The molecule has 0 unspecified atom stereocenters. The zero-order valence-electron chi connectivity index (χ0n) is 9.24. The zero-order chi connectivity index (χ0) is 12.4. The summed E-state index contributed by atoms with van der Waals surface area (Å²) >= 11 is 0. The molecule has 1 amide bonds. The van der Waals surface area contributed by atoms with E-state index in [0.717, 1.165) is 0 Å². The molecule has 2 rings (SSSR count). The summed E-state index contributed by atoms with van der Waals surface area (Å²) in [6.45, 7) is 2.39. The van der Waals surface area contributed by atoms with Crippen LogP contribution in [0.2, 0.25) is 0 Å². The first kappa shape index (κ1) is 11.3. The van der Waals surface area contributed by atoms with Gasteiger partial charge < -0.3 is 20.5 Å². The molecule has 0 saturated heterocycles. The Morgan fingerprint density at radius 1 is 1.47 bits per heavy atom. The lowest BCUT2D eigenvalue weighted by Crippen LogP contribution is -2.21. The fourth-order valence-electron chi connectivity index (χ4n) is 1.69. The van der Waals surface area contributed by atoms with Gasteiger partial charge in [-0.3, -0.25) is 4.79 Å². The second kappa shape index (κ2) is 4.32. The fraction of sp³-hybridized carbons (Fsp3) is 0.273. The number of carboxylic acids is 1. The number of aromatic carboxylic acids is 1. The number of hydrogen-bond donors (Lipinski definition) is 3. The normalized spacial score (nSPS) is 13.0. The third kappa shape index (κ3) is 2.30. The summed E-state index contributed by atoms with van der Waals surface area (Å²) < 4.78 is 5.36. The number of amides is 1. The second-order valence-corrected chi connectivity index (χ2v) is 3.66. The Morgan fingerprint density at radius 2 is 2.24 bits per heavy atom. The van der Waals surface area contributed by atoms with Crippen molar-refractivity contribution in [1.82, 2.24) is 0 Å². The van der Waals surface area contributed by atoms with Gasteiger partial charge in [0.15, 0.2) is 0 Å². The van der Waals surface area contributed by atoms with Gasteiger partial charge in [0, 0.05) is 25.2 Å². The molecule has 0 aliphatic carbocycles. The van der Waals surface area contributed by atoms with Crippen LogP contribution >= 0.6 is 0 Å². The quantitative estimate of drug-likeness (QED) is 0.716. The third-order valence-electron chi connectivity index (χ3n) is 2.31. The highest BCUT2D eigenvalue weighted by atomic mass is 16.5. The molecule has 0 aromatic heterocycles. The molecule has 0 spiro atoms. The largest absolute Gasteiger partial charge is 0.489 e. The first-order chi connectivity index (χ1) is 8.08. The molecular weight excluding hydrogens is 224 g/mol. The summed E-state index contributed by atoms with van der Waals surface area (Å²) in [6, 6.07) is 3.01.